The number of aliphatic hydroxyl groups excluding tert-OH is 2. The van der Waals surface area contributed by atoms with E-state index in [1.807, 2.05) is 0 Å². The van der Waals surface area contributed by atoms with Crippen molar-refractivity contribution in [1.82, 2.24) is 10.1 Å². The van der Waals surface area contributed by atoms with Crippen molar-refractivity contribution in [3.8, 4) is 0 Å². The molecule has 0 aromatic carbocycles. The first-order valence-corrected chi connectivity index (χ1v) is 3.85. The zero-order chi connectivity index (χ0) is 8.97. The van der Waals surface area contributed by atoms with E-state index in [-0.39, 0.29) is 12.5 Å². The molecule has 0 saturated heterocycles. The third-order valence-electron chi connectivity index (χ3n) is 1.40. The molecular weight excluding hydrogens is 160 g/mol. The maximum atomic E-state index is 9.02. The lowest BCUT2D eigenvalue weighted by atomic mass is 10.3. The van der Waals surface area contributed by atoms with Crippen LogP contribution in [0.3, 0.4) is 0 Å². The van der Waals surface area contributed by atoms with E-state index in [4.69, 9.17) is 14.7 Å². The Hall–Kier alpha value is -0.940. The van der Waals surface area contributed by atoms with Gasteiger partial charge >= 0.3 is 0 Å². The third-order valence-corrected chi connectivity index (χ3v) is 1.40. The summed E-state index contributed by atoms with van der Waals surface area (Å²) in [6.07, 6.45) is 0.464. The van der Waals surface area contributed by atoms with Gasteiger partial charge in [0.15, 0.2) is 5.82 Å². The lowest BCUT2D eigenvalue weighted by molar-refractivity contribution is 0.151. The maximum Gasteiger partial charge on any atom is 0.255 e. The zero-order valence-corrected chi connectivity index (χ0v) is 6.90. The van der Waals surface area contributed by atoms with E-state index in [0.717, 1.165) is 0 Å². The molecule has 1 atom stereocenters. The fraction of sp³-hybridized carbons (Fsp3) is 0.714. The highest BCUT2D eigenvalue weighted by atomic mass is 16.5. The van der Waals surface area contributed by atoms with Gasteiger partial charge in [-0.05, 0) is 13.3 Å². The fourth-order valence-electron chi connectivity index (χ4n) is 0.776. The number of aromatic nitrogens is 2. The van der Waals surface area contributed by atoms with Gasteiger partial charge in [0.25, 0.3) is 5.89 Å². The van der Waals surface area contributed by atoms with Crippen LogP contribution in [0, 0.1) is 0 Å². The second-order valence-electron chi connectivity index (χ2n) is 2.55. The largest absolute Gasteiger partial charge is 0.396 e. The van der Waals surface area contributed by atoms with Crippen molar-refractivity contribution in [3.63, 3.8) is 0 Å². The fourth-order valence-corrected chi connectivity index (χ4v) is 0.776. The molecule has 68 valence electrons. The Kier molecular flexibility index (Phi) is 3.19. The molecule has 1 unspecified atom stereocenters. The molecule has 0 aliphatic carbocycles. The van der Waals surface area contributed by atoms with Gasteiger partial charge < -0.3 is 14.7 Å². The van der Waals surface area contributed by atoms with E-state index in [2.05, 4.69) is 10.1 Å². The number of aryl methyl sites for hydroxylation is 1. The predicted molar refractivity (Wildman–Crippen MR) is 40.3 cm³/mol. The summed E-state index contributed by atoms with van der Waals surface area (Å²) in [7, 11) is 0. The van der Waals surface area contributed by atoms with E-state index < -0.39 is 6.10 Å². The molecule has 1 aromatic rings. The Labute approximate surface area is 70.0 Å². The number of hydrogen-bond acceptors (Lipinski definition) is 5. The van der Waals surface area contributed by atoms with E-state index in [1.165, 1.54) is 0 Å². The Morgan fingerprint density at radius 3 is 2.83 bits per heavy atom. The molecule has 0 fully saturated rings. The van der Waals surface area contributed by atoms with Crippen LogP contribution in [-0.2, 0) is 6.42 Å². The minimum Gasteiger partial charge on any atom is -0.396 e. The van der Waals surface area contributed by atoms with Crippen LogP contribution in [0.25, 0.3) is 0 Å². The molecule has 0 aliphatic heterocycles. The summed E-state index contributed by atoms with van der Waals surface area (Å²) in [6.45, 7) is 1.67. The van der Waals surface area contributed by atoms with Crippen LogP contribution in [0.1, 0.15) is 31.2 Å². The van der Waals surface area contributed by atoms with Gasteiger partial charge in [-0.15, -0.1) is 0 Å². The first-order valence-electron chi connectivity index (χ1n) is 3.85. The molecule has 1 heterocycles. The summed E-state index contributed by atoms with van der Waals surface area (Å²) < 4.78 is 4.73. The second kappa shape index (κ2) is 4.18. The maximum absolute atomic E-state index is 9.02. The quantitative estimate of drug-likeness (QED) is 0.670. The van der Waals surface area contributed by atoms with Crippen molar-refractivity contribution >= 4 is 0 Å². The summed E-state index contributed by atoms with van der Waals surface area (Å²) in [6, 6.07) is 0. The second-order valence-corrected chi connectivity index (χ2v) is 2.55. The Morgan fingerprint density at radius 1 is 1.58 bits per heavy atom. The average molecular weight is 172 g/mol. The van der Waals surface area contributed by atoms with Crippen LogP contribution >= 0.6 is 0 Å². The third kappa shape index (κ3) is 2.28. The molecule has 12 heavy (non-hydrogen) atoms. The Bertz CT molecular complexity index is 234. The molecule has 5 heteroatoms. The first-order chi connectivity index (χ1) is 5.74. The highest BCUT2D eigenvalue weighted by Gasteiger charge is 2.10. The van der Waals surface area contributed by atoms with Crippen molar-refractivity contribution in [1.29, 1.82) is 0 Å². The van der Waals surface area contributed by atoms with Gasteiger partial charge in [0.05, 0.1) is 0 Å². The zero-order valence-electron chi connectivity index (χ0n) is 6.90. The van der Waals surface area contributed by atoms with E-state index in [0.29, 0.717) is 18.7 Å². The SMILES string of the molecule is CC(O)c1nc(CCCO)no1. The first kappa shape index (κ1) is 9.15. The summed E-state index contributed by atoms with van der Waals surface area (Å²) in [5.74, 6) is 0.753. The van der Waals surface area contributed by atoms with Crippen molar-refractivity contribution in [2.24, 2.45) is 0 Å². The average Bonchev–Trinajstić information content (AvgIpc) is 2.48. The molecule has 2 N–H and O–H groups in total. The number of rotatable bonds is 4. The number of nitrogens with zero attached hydrogens (tertiary/aromatic N) is 2. The highest BCUT2D eigenvalue weighted by Crippen LogP contribution is 2.08. The van der Waals surface area contributed by atoms with Gasteiger partial charge in [0.2, 0.25) is 0 Å². The molecule has 0 bridgehead atoms. The van der Waals surface area contributed by atoms with Crippen LogP contribution in [0.2, 0.25) is 0 Å². The summed E-state index contributed by atoms with van der Waals surface area (Å²) in [4.78, 5) is 3.91. The van der Waals surface area contributed by atoms with E-state index in [1.54, 1.807) is 6.92 Å². The minimum absolute atomic E-state index is 0.110. The van der Waals surface area contributed by atoms with Crippen molar-refractivity contribution < 1.29 is 14.7 Å². The lowest BCUT2D eigenvalue weighted by Crippen LogP contribution is -1.94. The van der Waals surface area contributed by atoms with Gasteiger partial charge in [-0.3, -0.25) is 0 Å². The van der Waals surface area contributed by atoms with Crippen LogP contribution in [0.5, 0.6) is 0 Å². The summed E-state index contributed by atoms with van der Waals surface area (Å²) in [5, 5.41) is 21.1. The van der Waals surface area contributed by atoms with Crippen molar-refractivity contribution in [3.05, 3.63) is 11.7 Å². The normalized spacial score (nSPS) is 13.2. The van der Waals surface area contributed by atoms with E-state index >= 15 is 0 Å². The van der Waals surface area contributed by atoms with Crippen molar-refractivity contribution in [2.75, 3.05) is 6.61 Å². The molecule has 1 aromatic heterocycles. The molecule has 0 amide bonds. The molecule has 1 rings (SSSR count). The van der Waals surface area contributed by atoms with Gasteiger partial charge in [-0.1, -0.05) is 5.16 Å². The van der Waals surface area contributed by atoms with Crippen LogP contribution < -0.4 is 0 Å². The van der Waals surface area contributed by atoms with Gasteiger partial charge in [-0.25, -0.2) is 0 Å². The van der Waals surface area contributed by atoms with Crippen molar-refractivity contribution in [2.45, 2.75) is 25.9 Å². The molecular formula is C7H12N2O3. The monoisotopic (exact) mass is 172 g/mol. The van der Waals surface area contributed by atoms with Gasteiger partial charge in [-0.2, -0.15) is 4.98 Å². The van der Waals surface area contributed by atoms with Crippen LogP contribution in [-0.4, -0.2) is 27.0 Å². The van der Waals surface area contributed by atoms with E-state index in [9.17, 15) is 0 Å². The predicted octanol–water partition coefficient (Wildman–Crippen LogP) is 0.0478. The Balaban J connectivity index is 2.52. The molecule has 0 radical (unpaired) electrons. The molecule has 0 saturated carbocycles. The summed E-state index contributed by atoms with van der Waals surface area (Å²) in [5.41, 5.74) is 0. The summed E-state index contributed by atoms with van der Waals surface area (Å²) >= 11 is 0. The minimum atomic E-state index is -0.722. The van der Waals surface area contributed by atoms with Crippen LogP contribution in [0.4, 0.5) is 0 Å². The molecule has 5 nitrogen and oxygen atoms in total. The lowest BCUT2D eigenvalue weighted by Gasteiger charge is -1.91. The van der Waals surface area contributed by atoms with Gasteiger partial charge in [0.1, 0.15) is 6.10 Å². The highest BCUT2D eigenvalue weighted by molar-refractivity contribution is 4.88. The molecule has 0 spiro atoms. The Morgan fingerprint density at radius 2 is 2.33 bits per heavy atom. The number of aliphatic hydroxyl groups is 2. The van der Waals surface area contributed by atoms with Gasteiger partial charge in [0, 0.05) is 13.0 Å². The number of hydrogen-bond donors (Lipinski definition) is 2. The molecule has 0 aliphatic rings. The standard InChI is InChI=1S/C7H12N2O3/c1-5(11)7-8-6(9-12-7)3-2-4-10/h5,10-11H,2-4H2,1H3. The van der Waals surface area contributed by atoms with Crippen LogP contribution in [0.15, 0.2) is 4.52 Å². The smallest absolute Gasteiger partial charge is 0.255 e. The topological polar surface area (TPSA) is 79.4 Å².